The van der Waals surface area contributed by atoms with Gasteiger partial charge in [-0.25, -0.2) is 0 Å². The van der Waals surface area contributed by atoms with E-state index in [0.29, 0.717) is 16.7 Å². The number of carbonyl (C=O) groups is 2. The van der Waals surface area contributed by atoms with Gasteiger partial charge in [0.25, 0.3) is 5.91 Å². The summed E-state index contributed by atoms with van der Waals surface area (Å²) in [6.45, 7) is 4.00. The topological polar surface area (TPSA) is 72.2 Å². The Morgan fingerprint density at radius 3 is 2.23 bits per heavy atom. The van der Waals surface area contributed by atoms with Gasteiger partial charge in [0.15, 0.2) is 5.78 Å². The Kier molecular flexibility index (Phi) is 5.52. The van der Waals surface area contributed by atoms with Crippen molar-refractivity contribution in [2.24, 2.45) is 5.73 Å². The Morgan fingerprint density at radius 1 is 0.923 bits per heavy atom. The van der Waals surface area contributed by atoms with E-state index in [-0.39, 0.29) is 23.8 Å². The van der Waals surface area contributed by atoms with E-state index in [4.69, 9.17) is 5.73 Å². The van der Waals surface area contributed by atoms with E-state index >= 15 is 0 Å². The number of amides is 1. The van der Waals surface area contributed by atoms with Crippen molar-refractivity contribution in [2.45, 2.75) is 51.6 Å². The molecule has 26 heavy (non-hydrogen) atoms. The zero-order valence-electron chi connectivity index (χ0n) is 15.4. The number of nitrogens with two attached hydrogens (primary N) is 1. The Bertz CT molecular complexity index is 821. The molecule has 1 amide bonds. The van der Waals surface area contributed by atoms with E-state index < -0.39 is 0 Å². The quantitative estimate of drug-likeness (QED) is 0.829. The summed E-state index contributed by atoms with van der Waals surface area (Å²) in [7, 11) is 0. The van der Waals surface area contributed by atoms with Crippen molar-refractivity contribution in [2.75, 3.05) is 0 Å². The van der Waals surface area contributed by atoms with Gasteiger partial charge in [0.2, 0.25) is 0 Å². The van der Waals surface area contributed by atoms with E-state index in [1.54, 1.807) is 24.3 Å². The summed E-state index contributed by atoms with van der Waals surface area (Å²) in [6, 6.07) is 13.1. The first-order valence-electron chi connectivity index (χ1n) is 9.23. The number of hydrogen-bond acceptors (Lipinski definition) is 3. The maximum Gasteiger partial charge on any atom is 0.252 e. The van der Waals surface area contributed by atoms with Crippen LogP contribution in [0.2, 0.25) is 0 Å². The minimum absolute atomic E-state index is 0.121. The first-order valence-corrected chi connectivity index (χ1v) is 9.23. The minimum atomic E-state index is -0.182. The Labute approximate surface area is 154 Å². The molecule has 1 aliphatic carbocycles. The number of aryl methyl sites for hydroxylation is 2. The number of nitrogens with one attached hydrogen (secondary N) is 1. The molecule has 0 bridgehead atoms. The van der Waals surface area contributed by atoms with Gasteiger partial charge in [-0.3, -0.25) is 9.59 Å². The summed E-state index contributed by atoms with van der Waals surface area (Å²) >= 11 is 0. The Hall–Kier alpha value is -2.46. The molecule has 3 N–H and O–H groups in total. The zero-order valence-corrected chi connectivity index (χ0v) is 15.4. The second-order valence-corrected chi connectivity index (χ2v) is 7.26. The number of benzene rings is 2. The van der Waals surface area contributed by atoms with Crippen LogP contribution in [0.15, 0.2) is 42.5 Å². The van der Waals surface area contributed by atoms with Crippen LogP contribution in [0.3, 0.4) is 0 Å². The van der Waals surface area contributed by atoms with Crippen molar-refractivity contribution in [3.05, 3.63) is 70.3 Å². The van der Waals surface area contributed by atoms with E-state index in [1.807, 2.05) is 32.0 Å². The molecule has 136 valence electrons. The number of carbonyl (C=O) groups excluding carboxylic acids is 2. The van der Waals surface area contributed by atoms with Crippen molar-refractivity contribution < 1.29 is 9.59 Å². The summed E-state index contributed by atoms with van der Waals surface area (Å²) in [5.41, 5.74) is 9.63. The summed E-state index contributed by atoms with van der Waals surface area (Å²) in [4.78, 5) is 25.8. The third kappa shape index (κ3) is 4.02. The van der Waals surface area contributed by atoms with Gasteiger partial charge in [0.1, 0.15) is 0 Å². The molecule has 0 saturated heterocycles. The first kappa shape index (κ1) is 18.3. The molecule has 0 radical (unpaired) electrons. The third-order valence-corrected chi connectivity index (χ3v) is 5.29. The summed E-state index contributed by atoms with van der Waals surface area (Å²) in [5, 5.41) is 3.08. The fourth-order valence-corrected chi connectivity index (χ4v) is 3.44. The fraction of sp³-hybridized carbons (Fsp3) is 0.364. The first-order chi connectivity index (χ1) is 12.5. The summed E-state index contributed by atoms with van der Waals surface area (Å²) in [6.07, 6.45) is 3.63. The van der Waals surface area contributed by atoms with E-state index in [9.17, 15) is 9.59 Å². The molecule has 0 atom stereocenters. The second-order valence-electron chi connectivity index (χ2n) is 7.26. The minimum Gasteiger partial charge on any atom is -0.349 e. The highest BCUT2D eigenvalue weighted by molar-refractivity contribution is 6.15. The van der Waals surface area contributed by atoms with Gasteiger partial charge in [0, 0.05) is 23.2 Å². The molecule has 0 unspecified atom stereocenters. The molecule has 0 heterocycles. The summed E-state index contributed by atoms with van der Waals surface area (Å²) in [5.74, 6) is -0.303. The van der Waals surface area contributed by atoms with Crippen LogP contribution < -0.4 is 11.1 Å². The largest absolute Gasteiger partial charge is 0.349 e. The standard InChI is InChI=1S/C22H26N2O2/c1-14-7-8-16(13-15(14)2)21(25)19-5-3-4-6-20(19)22(26)24-18-11-9-17(23)10-12-18/h3-8,13,17-18H,9-12,23H2,1-2H3,(H,24,26). The van der Waals surface area contributed by atoms with Crippen molar-refractivity contribution in [3.8, 4) is 0 Å². The molecule has 4 nitrogen and oxygen atoms in total. The lowest BCUT2D eigenvalue weighted by molar-refractivity contribution is 0.0916. The molecule has 0 spiro atoms. The Morgan fingerprint density at radius 2 is 1.58 bits per heavy atom. The molecule has 3 rings (SSSR count). The molecule has 2 aromatic carbocycles. The van der Waals surface area contributed by atoms with Crippen LogP contribution in [0.5, 0.6) is 0 Å². The van der Waals surface area contributed by atoms with Crippen LogP contribution in [0, 0.1) is 13.8 Å². The van der Waals surface area contributed by atoms with Gasteiger partial charge in [0.05, 0.1) is 5.56 Å². The molecule has 2 aromatic rings. The molecule has 4 heteroatoms. The zero-order chi connectivity index (χ0) is 18.7. The van der Waals surface area contributed by atoms with E-state index in [2.05, 4.69) is 5.32 Å². The normalized spacial score (nSPS) is 19.8. The monoisotopic (exact) mass is 350 g/mol. The highest BCUT2D eigenvalue weighted by Crippen LogP contribution is 2.20. The van der Waals surface area contributed by atoms with Gasteiger partial charge in [-0.05, 0) is 62.8 Å². The lowest BCUT2D eigenvalue weighted by Crippen LogP contribution is -2.40. The van der Waals surface area contributed by atoms with E-state index in [1.165, 1.54) is 0 Å². The lowest BCUT2D eigenvalue weighted by atomic mass is 9.91. The van der Waals surface area contributed by atoms with Gasteiger partial charge in [-0.15, -0.1) is 0 Å². The van der Waals surface area contributed by atoms with Crippen LogP contribution in [-0.2, 0) is 0 Å². The van der Waals surface area contributed by atoms with Gasteiger partial charge in [-0.2, -0.15) is 0 Å². The third-order valence-electron chi connectivity index (χ3n) is 5.29. The molecule has 1 aliphatic rings. The molecule has 1 saturated carbocycles. The van der Waals surface area contributed by atoms with E-state index in [0.717, 1.165) is 36.8 Å². The lowest BCUT2D eigenvalue weighted by Gasteiger charge is -2.27. The highest BCUT2D eigenvalue weighted by atomic mass is 16.2. The van der Waals surface area contributed by atoms with Gasteiger partial charge >= 0.3 is 0 Å². The average Bonchev–Trinajstić information content (AvgIpc) is 2.65. The predicted octanol–water partition coefficient (Wildman–Crippen LogP) is 3.53. The van der Waals surface area contributed by atoms with Crippen LogP contribution in [0.4, 0.5) is 0 Å². The Balaban J connectivity index is 1.82. The maximum atomic E-state index is 13.0. The fourth-order valence-electron chi connectivity index (χ4n) is 3.44. The molecule has 0 aromatic heterocycles. The number of hydrogen-bond donors (Lipinski definition) is 2. The second kappa shape index (κ2) is 7.83. The molecular formula is C22H26N2O2. The van der Waals surface area contributed by atoms with Crippen molar-refractivity contribution in [3.63, 3.8) is 0 Å². The maximum absolute atomic E-state index is 13.0. The van der Waals surface area contributed by atoms with Crippen molar-refractivity contribution >= 4 is 11.7 Å². The predicted molar refractivity (Wildman–Crippen MR) is 103 cm³/mol. The van der Waals surface area contributed by atoms with Gasteiger partial charge < -0.3 is 11.1 Å². The van der Waals surface area contributed by atoms with Crippen LogP contribution in [0.1, 0.15) is 63.1 Å². The van der Waals surface area contributed by atoms with Crippen LogP contribution >= 0.6 is 0 Å². The highest BCUT2D eigenvalue weighted by Gasteiger charge is 2.23. The average molecular weight is 350 g/mol. The van der Waals surface area contributed by atoms with Gasteiger partial charge in [-0.1, -0.05) is 30.3 Å². The van der Waals surface area contributed by atoms with Crippen LogP contribution in [-0.4, -0.2) is 23.8 Å². The smallest absolute Gasteiger partial charge is 0.252 e. The van der Waals surface area contributed by atoms with Crippen molar-refractivity contribution in [1.29, 1.82) is 0 Å². The molecular weight excluding hydrogens is 324 g/mol. The summed E-state index contributed by atoms with van der Waals surface area (Å²) < 4.78 is 0. The van der Waals surface area contributed by atoms with Crippen LogP contribution in [0.25, 0.3) is 0 Å². The SMILES string of the molecule is Cc1ccc(C(=O)c2ccccc2C(=O)NC2CCC(N)CC2)cc1C. The number of ketones is 1. The molecule has 0 aliphatic heterocycles. The van der Waals surface area contributed by atoms with Crippen molar-refractivity contribution in [1.82, 2.24) is 5.32 Å². The molecule has 1 fully saturated rings. The number of rotatable bonds is 4.